The minimum Gasteiger partial charge on any atom is -0.741 e. The predicted molar refractivity (Wildman–Crippen MR) is 64.7 cm³/mol. The van der Waals surface area contributed by atoms with Crippen LogP contribution in [-0.2, 0) is 23.7 Å². The van der Waals surface area contributed by atoms with Gasteiger partial charge in [0, 0.05) is 13.5 Å². The van der Waals surface area contributed by atoms with Crippen molar-refractivity contribution in [1.29, 1.82) is 0 Å². The van der Waals surface area contributed by atoms with Gasteiger partial charge in [-0.15, -0.1) is 0 Å². The fourth-order valence-corrected chi connectivity index (χ4v) is 1.14. The number of aryl methyl sites for hydroxylation is 1. The lowest BCUT2D eigenvalue weighted by atomic mass is 10.5. The van der Waals surface area contributed by atoms with E-state index in [4.69, 9.17) is 13.0 Å². The van der Waals surface area contributed by atoms with Crippen molar-refractivity contribution in [1.82, 2.24) is 9.47 Å². The molecule has 0 aliphatic rings. The first kappa shape index (κ1) is 18.9. The molecular formula is C10H18F3N3O3S. The highest BCUT2D eigenvalue weighted by atomic mass is 32.2. The summed E-state index contributed by atoms with van der Waals surface area (Å²) in [7, 11) is 0.173. The smallest absolute Gasteiger partial charge is 0.485 e. The van der Waals surface area contributed by atoms with Crippen LogP contribution in [-0.4, -0.2) is 48.6 Å². The van der Waals surface area contributed by atoms with Crippen LogP contribution >= 0.6 is 0 Å². The number of hydrogen-bond acceptors (Lipinski definition) is 4. The lowest BCUT2D eigenvalue weighted by molar-refractivity contribution is -0.677. The molecule has 1 aromatic heterocycles. The molecule has 6 nitrogen and oxygen atoms in total. The first-order chi connectivity index (χ1) is 8.86. The average Bonchev–Trinajstić information content (AvgIpc) is 2.55. The third-order valence-corrected chi connectivity index (χ3v) is 3.03. The lowest BCUT2D eigenvalue weighted by Gasteiger charge is -2.08. The first-order valence-electron chi connectivity index (χ1n) is 5.54. The van der Waals surface area contributed by atoms with Crippen molar-refractivity contribution in [3.63, 3.8) is 0 Å². The zero-order valence-electron chi connectivity index (χ0n) is 11.7. The molecule has 0 aromatic carbocycles. The second-order valence-electron chi connectivity index (χ2n) is 4.35. The minimum atomic E-state index is -6.09. The number of imidazole rings is 1. The van der Waals surface area contributed by atoms with Gasteiger partial charge in [0.05, 0.1) is 7.05 Å². The number of hydrogen-bond donors (Lipinski definition) is 0. The number of likely N-dealkylation sites (N-methyl/N-ethyl adjacent to an activating group) is 1. The molecule has 1 heterocycles. The highest BCUT2D eigenvalue weighted by Crippen LogP contribution is 2.20. The molecule has 1 rings (SSSR count). The topological polar surface area (TPSA) is 69.2 Å². The van der Waals surface area contributed by atoms with Crippen molar-refractivity contribution in [2.75, 3.05) is 20.6 Å². The molecule has 0 spiro atoms. The molecule has 118 valence electrons. The Labute approximate surface area is 116 Å². The molecule has 0 aliphatic heterocycles. The largest absolute Gasteiger partial charge is 0.741 e. The standard InChI is InChI=1S/C9H18N3.CHF3O3S/c1-9-11(4)6-8-12(9)7-5-10(2)3;2-1(3,4)8(5,6)7/h6,8H,5,7H2,1-4H3;(H,5,6,7)/q+1;/p-1. The molecule has 0 atom stereocenters. The summed E-state index contributed by atoms with van der Waals surface area (Å²) in [5.41, 5.74) is -5.65. The van der Waals surface area contributed by atoms with Gasteiger partial charge in [0.25, 0.3) is 5.82 Å². The number of halogens is 3. The van der Waals surface area contributed by atoms with Crippen LogP contribution in [0.15, 0.2) is 12.4 Å². The Morgan fingerprint density at radius 2 is 1.85 bits per heavy atom. The lowest BCUT2D eigenvalue weighted by Crippen LogP contribution is -2.30. The fraction of sp³-hybridized carbons (Fsp3) is 0.700. The van der Waals surface area contributed by atoms with Gasteiger partial charge in [-0.2, -0.15) is 13.2 Å². The van der Waals surface area contributed by atoms with Crippen LogP contribution in [0.1, 0.15) is 5.82 Å². The zero-order valence-corrected chi connectivity index (χ0v) is 12.5. The summed E-state index contributed by atoms with van der Waals surface area (Å²) in [5.74, 6) is 1.30. The van der Waals surface area contributed by atoms with Gasteiger partial charge in [0.2, 0.25) is 0 Å². The van der Waals surface area contributed by atoms with Crippen LogP contribution in [0.4, 0.5) is 13.2 Å². The van der Waals surface area contributed by atoms with Crippen LogP contribution in [0.3, 0.4) is 0 Å². The summed E-state index contributed by atoms with van der Waals surface area (Å²) in [6, 6.07) is 0. The van der Waals surface area contributed by atoms with E-state index >= 15 is 0 Å². The molecule has 0 radical (unpaired) electrons. The molecule has 0 amide bonds. The van der Waals surface area contributed by atoms with Crippen molar-refractivity contribution in [2.24, 2.45) is 7.05 Å². The summed E-state index contributed by atoms with van der Waals surface area (Å²) < 4.78 is 63.3. The quantitative estimate of drug-likeness (QED) is 0.455. The average molecular weight is 317 g/mol. The molecule has 0 saturated heterocycles. The van der Waals surface area contributed by atoms with E-state index in [1.54, 1.807) is 0 Å². The van der Waals surface area contributed by atoms with E-state index in [-0.39, 0.29) is 0 Å². The van der Waals surface area contributed by atoms with E-state index in [1.165, 1.54) is 5.82 Å². The number of nitrogens with zero attached hydrogens (tertiary/aromatic N) is 3. The Kier molecular flexibility index (Phi) is 6.65. The molecule has 0 aliphatic carbocycles. The van der Waals surface area contributed by atoms with Gasteiger partial charge in [-0.25, -0.2) is 17.6 Å². The molecule has 1 aromatic rings. The van der Waals surface area contributed by atoms with Crippen molar-refractivity contribution in [3.8, 4) is 0 Å². The Morgan fingerprint density at radius 3 is 2.10 bits per heavy atom. The maximum Gasteiger partial charge on any atom is 0.485 e. The van der Waals surface area contributed by atoms with Crippen molar-refractivity contribution < 1.29 is 30.7 Å². The number of alkyl halides is 3. The summed E-state index contributed by atoms with van der Waals surface area (Å²) in [4.78, 5) is 2.19. The highest BCUT2D eigenvalue weighted by molar-refractivity contribution is 7.86. The van der Waals surface area contributed by atoms with Gasteiger partial charge in [-0.1, -0.05) is 0 Å². The van der Waals surface area contributed by atoms with Gasteiger partial charge in [-0.3, -0.25) is 0 Å². The minimum absolute atomic E-state index is 1.07. The van der Waals surface area contributed by atoms with Crippen molar-refractivity contribution >= 4 is 10.1 Å². The molecule has 10 heteroatoms. The molecule has 0 unspecified atom stereocenters. The Morgan fingerprint density at radius 1 is 1.40 bits per heavy atom. The van der Waals surface area contributed by atoms with Gasteiger partial charge in [-0.05, 0) is 14.1 Å². The number of aromatic nitrogens is 2. The molecule has 20 heavy (non-hydrogen) atoms. The second-order valence-corrected chi connectivity index (χ2v) is 5.72. The van der Waals surface area contributed by atoms with E-state index < -0.39 is 15.6 Å². The van der Waals surface area contributed by atoms with E-state index in [2.05, 4.69) is 54.5 Å². The van der Waals surface area contributed by atoms with Gasteiger partial charge in [0.1, 0.15) is 18.9 Å². The normalized spacial score (nSPS) is 12.2. The molecule has 0 saturated carbocycles. The number of rotatable bonds is 3. The predicted octanol–water partition coefficient (Wildman–Crippen LogP) is 0.234. The van der Waals surface area contributed by atoms with Gasteiger partial charge < -0.3 is 9.45 Å². The Bertz CT molecular complexity index is 524. The first-order valence-corrected chi connectivity index (χ1v) is 6.95. The molecular weight excluding hydrogens is 299 g/mol. The van der Waals surface area contributed by atoms with Gasteiger partial charge >= 0.3 is 5.51 Å². The second kappa shape index (κ2) is 7.04. The monoisotopic (exact) mass is 317 g/mol. The summed E-state index contributed by atoms with van der Waals surface area (Å²) in [6.07, 6.45) is 4.21. The van der Waals surface area contributed by atoms with E-state index in [9.17, 15) is 13.2 Å². The summed E-state index contributed by atoms with van der Waals surface area (Å²) in [5, 5.41) is 0. The van der Waals surface area contributed by atoms with E-state index in [0.29, 0.717) is 0 Å². The van der Waals surface area contributed by atoms with Crippen LogP contribution < -0.4 is 4.57 Å². The third kappa shape index (κ3) is 6.35. The highest BCUT2D eigenvalue weighted by Gasteiger charge is 2.36. The van der Waals surface area contributed by atoms with E-state index in [0.717, 1.165) is 13.1 Å². The third-order valence-electron chi connectivity index (χ3n) is 2.47. The van der Waals surface area contributed by atoms with E-state index in [1.807, 2.05) is 0 Å². The van der Waals surface area contributed by atoms with Crippen molar-refractivity contribution in [2.45, 2.75) is 19.0 Å². The maximum atomic E-state index is 10.7. The van der Waals surface area contributed by atoms with Crippen LogP contribution in [0.2, 0.25) is 0 Å². The fourth-order valence-electron chi connectivity index (χ4n) is 1.14. The van der Waals surface area contributed by atoms with Crippen LogP contribution in [0.5, 0.6) is 0 Å². The molecule has 0 N–H and O–H groups in total. The summed E-state index contributed by atoms with van der Waals surface area (Å²) in [6.45, 7) is 4.30. The Hall–Kier alpha value is -1.13. The van der Waals surface area contributed by atoms with Crippen molar-refractivity contribution in [3.05, 3.63) is 18.2 Å². The molecule has 0 bridgehead atoms. The molecule has 0 fully saturated rings. The van der Waals surface area contributed by atoms with Crippen LogP contribution in [0.25, 0.3) is 0 Å². The van der Waals surface area contributed by atoms with Crippen LogP contribution in [0, 0.1) is 6.92 Å². The SMILES string of the molecule is Cc1n(CCN(C)C)cc[n+]1C.O=S(=O)([O-])C(F)(F)F. The maximum absolute atomic E-state index is 10.7. The Balaban J connectivity index is 0.000000396. The van der Waals surface area contributed by atoms with Gasteiger partial charge in [0.15, 0.2) is 10.1 Å². The zero-order chi connectivity index (χ0) is 16.1. The summed E-state index contributed by atoms with van der Waals surface area (Å²) >= 11 is 0.